The van der Waals surface area contributed by atoms with Crippen LogP contribution in [0.3, 0.4) is 0 Å². The minimum atomic E-state index is -0.503. The molecule has 0 aliphatic heterocycles. The number of hydrogen-bond acceptors (Lipinski definition) is 4. The third-order valence-electron chi connectivity index (χ3n) is 2.72. The van der Waals surface area contributed by atoms with Gasteiger partial charge >= 0.3 is 6.09 Å². The normalized spacial score (nSPS) is 9.48. The molecule has 2 aromatic carbocycles. The highest BCUT2D eigenvalue weighted by Crippen LogP contribution is 2.13. The summed E-state index contributed by atoms with van der Waals surface area (Å²) in [7, 11) is 0. The van der Waals surface area contributed by atoms with Crippen LogP contribution in [-0.2, 0) is 11.3 Å². The van der Waals surface area contributed by atoms with Crippen molar-refractivity contribution in [2.24, 2.45) is 0 Å². The number of hydrogen-bond donors (Lipinski definition) is 2. The Hall–Kier alpha value is -3.00. The lowest BCUT2D eigenvalue weighted by molar-refractivity contribution is 0.155. The minimum Gasteiger partial charge on any atom is -0.444 e. The zero-order valence-corrected chi connectivity index (χ0v) is 11.4. The van der Waals surface area contributed by atoms with Gasteiger partial charge in [-0.2, -0.15) is 5.26 Å². The van der Waals surface area contributed by atoms with Crippen LogP contribution in [0.25, 0.3) is 0 Å². The van der Waals surface area contributed by atoms with Crippen LogP contribution in [0.1, 0.15) is 5.56 Å². The molecule has 0 radical (unpaired) electrons. The third-order valence-corrected chi connectivity index (χ3v) is 2.72. The van der Waals surface area contributed by atoms with Gasteiger partial charge in [0.25, 0.3) is 0 Å². The summed E-state index contributed by atoms with van der Waals surface area (Å²) in [5.41, 5.74) is 2.39. The lowest BCUT2D eigenvalue weighted by atomic mass is 10.2. The number of benzene rings is 2. The highest BCUT2D eigenvalue weighted by atomic mass is 16.5. The van der Waals surface area contributed by atoms with E-state index in [0.29, 0.717) is 5.69 Å². The first-order valence-corrected chi connectivity index (χ1v) is 6.46. The lowest BCUT2D eigenvalue weighted by Gasteiger charge is -2.08. The zero-order chi connectivity index (χ0) is 14.9. The van der Waals surface area contributed by atoms with Crippen LogP contribution in [0, 0.1) is 11.3 Å². The van der Waals surface area contributed by atoms with Crippen molar-refractivity contribution in [3.63, 3.8) is 0 Å². The molecule has 0 unspecified atom stereocenters. The second-order valence-electron chi connectivity index (χ2n) is 4.28. The average molecular weight is 281 g/mol. The SMILES string of the molecule is N#CCNc1ccc(NC(=O)OCc2ccccc2)cc1. The van der Waals surface area contributed by atoms with Crippen LogP contribution in [0.2, 0.25) is 0 Å². The smallest absolute Gasteiger partial charge is 0.411 e. The van der Waals surface area contributed by atoms with Crippen LogP contribution in [-0.4, -0.2) is 12.6 Å². The number of rotatable bonds is 5. The number of ether oxygens (including phenoxy) is 1. The van der Waals surface area contributed by atoms with Gasteiger partial charge in [0.1, 0.15) is 13.2 Å². The standard InChI is InChI=1S/C16H15N3O2/c17-10-11-18-14-6-8-15(9-7-14)19-16(20)21-12-13-4-2-1-3-5-13/h1-9,18H,11-12H2,(H,19,20). The van der Waals surface area contributed by atoms with Crippen molar-refractivity contribution in [1.29, 1.82) is 5.26 Å². The first-order valence-electron chi connectivity index (χ1n) is 6.46. The number of carbonyl (C=O) groups is 1. The van der Waals surface area contributed by atoms with Gasteiger partial charge in [-0.3, -0.25) is 5.32 Å². The van der Waals surface area contributed by atoms with E-state index in [1.54, 1.807) is 24.3 Å². The molecular formula is C16H15N3O2. The second kappa shape index (κ2) is 7.56. The summed E-state index contributed by atoms with van der Waals surface area (Å²) >= 11 is 0. The molecule has 0 fully saturated rings. The summed E-state index contributed by atoms with van der Waals surface area (Å²) in [5.74, 6) is 0. The molecule has 2 rings (SSSR count). The molecule has 106 valence electrons. The van der Waals surface area contributed by atoms with Crippen molar-refractivity contribution in [3.8, 4) is 6.07 Å². The van der Waals surface area contributed by atoms with E-state index in [1.807, 2.05) is 36.4 Å². The molecule has 5 nitrogen and oxygen atoms in total. The number of carbonyl (C=O) groups excluding carboxylic acids is 1. The van der Waals surface area contributed by atoms with Crippen molar-refractivity contribution in [2.45, 2.75) is 6.61 Å². The van der Waals surface area contributed by atoms with E-state index in [9.17, 15) is 4.79 Å². The molecule has 0 saturated heterocycles. The van der Waals surface area contributed by atoms with Crippen molar-refractivity contribution >= 4 is 17.5 Å². The van der Waals surface area contributed by atoms with Gasteiger partial charge < -0.3 is 10.1 Å². The van der Waals surface area contributed by atoms with Crippen LogP contribution in [0.4, 0.5) is 16.2 Å². The maximum absolute atomic E-state index is 11.7. The highest BCUT2D eigenvalue weighted by Gasteiger charge is 2.03. The first-order chi connectivity index (χ1) is 10.3. The summed E-state index contributed by atoms with van der Waals surface area (Å²) in [6.45, 7) is 0.473. The molecule has 0 aliphatic rings. The monoisotopic (exact) mass is 281 g/mol. The Balaban J connectivity index is 1.81. The van der Waals surface area contributed by atoms with E-state index in [1.165, 1.54) is 0 Å². The number of nitriles is 1. The first kappa shape index (κ1) is 14.4. The largest absolute Gasteiger partial charge is 0.444 e. The van der Waals surface area contributed by atoms with Gasteiger partial charge in [-0.05, 0) is 29.8 Å². The van der Waals surface area contributed by atoms with Crippen molar-refractivity contribution in [2.75, 3.05) is 17.2 Å². The summed E-state index contributed by atoms with van der Waals surface area (Å²) in [6, 6.07) is 18.5. The van der Waals surface area contributed by atoms with Gasteiger partial charge in [-0.25, -0.2) is 4.79 Å². The number of nitrogens with one attached hydrogen (secondary N) is 2. The average Bonchev–Trinajstić information content (AvgIpc) is 2.53. The molecule has 5 heteroatoms. The maximum Gasteiger partial charge on any atom is 0.411 e. The van der Waals surface area contributed by atoms with Crippen molar-refractivity contribution < 1.29 is 9.53 Å². The van der Waals surface area contributed by atoms with E-state index >= 15 is 0 Å². The molecule has 2 aromatic rings. The number of nitrogens with zero attached hydrogens (tertiary/aromatic N) is 1. The van der Waals surface area contributed by atoms with E-state index in [4.69, 9.17) is 10.00 Å². The summed E-state index contributed by atoms with van der Waals surface area (Å²) in [4.78, 5) is 11.7. The molecule has 21 heavy (non-hydrogen) atoms. The van der Waals surface area contributed by atoms with Crippen molar-refractivity contribution in [3.05, 3.63) is 60.2 Å². The third kappa shape index (κ3) is 4.88. The number of amides is 1. The summed E-state index contributed by atoms with van der Waals surface area (Å²) < 4.78 is 5.12. The Morgan fingerprint density at radius 3 is 2.38 bits per heavy atom. The number of anilines is 2. The van der Waals surface area contributed by atoms with Gasteiger partial charge in [-0.1, -0.05) is 30.3 Å². The summed E-state index contributed by atoms with van der Waals surface area (Å²) in [6.07, 6.45) is -0.503. The van der Waals surface area contributed by atoms with E-state index in [2.05, 4.69) is 10.6 Å². The van der Waals surface area contributed by atoms with Crippen LogP contribution in [0.15, 0.2) is 54.6 Å². The van der Waals surface area contributed by atoms with E-state index in [-0.39, 0.29) is 13.2 Å². The highest BCUT2D eigenvalue weighted by molar-refractivity contribution is 5.84. The fourth-order valence-electron chi connectivity index (χ4n) is 1.69. The van der Waals surface area contributed by atoms with Gasteiger partial charge in [0.15, 0.2) is 0 Å². The topological polar surface area (TPSA) is 74.2 Å². The summed E-state index contributed by atoms with van der Waals surface area (Å²) in [5, 5.41) is 14.0. The second-order valence-corrected chi connectivity index (χ2v) is 4.28. The Kier molecular flexibility index (Phi) is 5.18. The van der Waals surface area contributed by atoms with Crippen LogP contribution < -0.4 is 10.6 Å². The molecule has 0 aliphatic carbocycles. The molecule has 0 heterocycles. The Morgan fingerprint density at radius 2 is 1.71 bits per heavy atom. The molecule has 0 aromatic heterocycles. The molecule has 0 saturated carbocycles. The Labute approximate surface area is 123 Å². The molecule has 2 N–H and O–H groups in total. The van der Waals surface area contributed by atoms with Gasteiger partial charge in [0.2, 0.25) is 0 Å². The molecule has 0 bridgehead atoms. The molecule has 1 amide bonds. The Bertz CT molecular complexity index is 618. The zero-order valence-electron chi connectivity index (χ0n) is 11.4. The van der Waals surface area contributed by atoms with Crippen molar-refractivity contribution in [1.82, 2.24) is 0 Å². The van der Waals surface area contributed by atoms with Gasteiger partial charge in [-0.15, -0.1) is 0 Å². The van der Waals surface area contributed by atoms with Gasteiger partial charge in [0.05, 0.1) is 6.07 Å². The molecule has 0 atom stereocenters. The Morgan fingerprint density at radius 1 is 1.05 bits per heavy atom. The molecular weight excluding hydrogens is 266 g/mol. The van der Waals surface area contributed by atoms with E-state index < -0.39 is 6.09 Å². The van der Waals surface area contributed by atoms with Crippen LogP contribution in [0.5, 0.6) is 0 Å². The van der Waals surface area contributed by atoms with E-state index in [0.717, 1.165) is 11.3 Å². The molecule has 0 spiro atoms. The predicted molar refractivity (Wildman–Crippen MR) is 80.8 cm³/mol. The van der Waals surface area contributed by atoms with Crippen LogP contribution >= 0.6 is 0 Å². The predicted octanol–water partition coefficient (Wildman–Crippen LogP) is 3.37. The van der Waals surface area contributed by atoms with Gasteiger partial charge in [0, 0.05) is 11.4 Å². The fourth-order valence-corrected chi connectivity index (χ4v) is 1.69. The maximum atomic E-state index is 11.7. The lowest BCUT2D eigenvalue weighted by Crippen LogP contribution is -2.13. The fraction of sp³-hybridized carbons (Fsp3) is 0.125. The minimum absolute atomic E-state index is 0.231. The quantitative estimate of drug-likeness (QED) is 0.824.